The molecule has 2 aliphatic heterocycles. The van der Waals surface area contributed by atoms with Gasteiger partial charge in [-0.2, -0.15) is 26.3 Å². The van der Waals surface area contributed by atoms with E-state index in [1.54, 1.807) is 0 Å². The molecule has 2 aromatic rings. The highest BCUT2D eigenvalue weighted by molar-refractivity contribution is 5.97. The van der Waals surface area contributed by atoms with Gasteiger partial charge in [0.05, 0.1) is 23.4 Å². The molecule has 0 aromatic heterocycles. The third-order valence-electron chi connectivity index (χ3n) is 6.70. The number of ether oxygens (including phenoxy) is 1. The predicted octanol–water partition coefficient (Wildman–Crippen LogP) is 4.86. The number of alkyl halides is 6. The van der Waals surface area contributed by atoms with Gasteiger partial charge >= 0.3 is 24.5 Å². The van der Waals surface area contributed by atoms with Crippen LogP contribution in [0.1, 0.15) is 24.0 Å². The standard InChI is InChI=1S/C25H25F7N4O4/c1-34(17-5-3-16(26)4-6-17)22(38)40-20-18(25(30,31)32)11-15(24(27,28)29)12-19(20)36-10-9-35(21(36)37)14-23(39)7-2-8-33-13-23/h3-6,11-12,33,39H,2,7-10,13-14H2,1H3. The smallest absolute Gasteiger partial charge is 0.407 e. The van der Waals surface area contributed by atoms with Crippen LogP contribution < -0.4 is 19.9 Å². The maximum Gasteiger partial charge on any atom is 0.420 e. The molecular formula is C25H25F7N4O4. The number of nitrogens with one attached hydrogen (secondary N) is 1. The van der Waals surface area contributed by atoms with E-state index in [1.807, 2.05) is 0 Å². The number of piperidine rings is 1. The van der Waals surface area contributed by atoms with E-state index >= 15 is 0 Å². The van der Waals surface area contributed by atoms with Crippen LogP contribution in [0.2, 0.25) is 0 Å². The van der Waals surface area contributed by atoms with Crippen molar-refractivity contribution in [2.75, 3.05) is 49.6 Å². The lowest BCUT2D eigenvalue weighted by Crippen LogP contribution is -2.53. The molecule has 1 atom stereocenters. The second-order valence-electron chi connectivity index (χ2n) is 9.63. The molecule has 2 saturated heterocycles. The summed E-state index contributed by atoms with van der Waals surface area (Å²) in [5.74, 6) is -1.95. The van der Waals surface area contributed by atoms with Crippen LogP contribution in [0.3, 0.4) is 0 Å². The zero-order valence-corrected chi connectivity index (χ0v) is 21.1. The van der Waals surface area contributed by atoms with E-state index in [2.05, 4.69) is 5.32 Å². The first-order chi connectivity index (χ1) is 18.6. The highest BCUT2D eigenvalue weighted by Crippen LogP contribution is 2.47. The van der Waals surface area contributed by atoms with Crippen molar-refractivity contribution in [1.29, 1.82) is 0 Å². The molecule has 2 aliphatic rings. The Morgan fingerprint density at radius 3 is 2.35 bits per heavy atom. The second kappa shape index (κ2) is 10.8. The Hall–Kier alpha value is -3.59. The third-order valence-corrected chi connectivity index (χ3v) is 6.70. The Balaban J connectivity index is 1.74. The summed E-state index contributed by atoms with van der Waals surface area (Å²) >= 11 is 0. The lowest BCUT2D eigenvalue weighted by Gasteiger charge is -2.35. The summed E-state index contributed by atoms with van der Waals surface area (Å²) in [5, 5.41) is 13.8. The van der Waals surface area contributed by atoms with E-state index in [-0.39, 0.29) is 37.9 Å². The number of carbonyl (C=O) groups is 2. The van der Waals surface area contributed by atoms with Crippen molar-refractivity contribution >= 4 is 23.5 Å². The molecule has 2 heterocycles. The van der Waals surface area contributed by atoms with Gasteiger partial charge in [-0.05, 0) is 55.8 Å². The first-order valence-electron chi connectivity index (χ1n) is 12.1. The molecule has 0 spiro atoms. The van der Waals surface area contributed by atoms with E-state index in [0.29, 0.717) is 30.4 Å². The van der Waals surface area contributed by atoms with Crippen LogP contribution in [0.15, 0.2) is 36.4 Å². The fraction of sp³-hybridized carbons (Fsp3) is 0.440. The Labute approximate surface area is 223 Å². The molecule has 8 nitrogen and oxygen atoms in total. The van der Waals surface area contributed by atoms with Gasteiger partial charge in [-0.3, -0.25) is 9.80 Å². The number of amides is 3. The molecule has 15 heteroatoms. The Morgan fingerprint density at radius 1 is 1.10 bits per heavy atom. The fourth-order valence-corrected chi connectivity index (χ4v) is 4.62. The number of benzene rings is 2. The number of halogens is 7. The van der Waals surface area contributed by atoms with Gasteiger partial charge < -0.3 is 20.1 Å². The van der Waals surface area contributed by atoms with E-state index in [9.17, 15) is 45.4 Å². The molecule has 0 saturated carbocycles. The average Bonchev–Trinajstić information content (AvgIpc) is 3.22. The first kappa shape index (κ1) is 29.4. The van der Waals surface area contributed by atoms with Gasteiger partial charge in [0.15, 0.2) is 5.75 Å². The summed E-state index contributed by atoms with van der Waals surface area (Å²) in [4.78, 5) is 28.6. The topological polar surface area (TPSA) is 85.3 Å². The maximum atomic E-state index is 14.1. The van der Waals surface area contributed by atoms with Gasteiger partial charge in [0.2, 0.25) is 0 Å². The number of rotatable bonds is 5. The van der Waals surface area contributed by atoms with E-state index in [4.69, 9.17) is 4.74 Å². The largest absolute Gasteiger partial charge is 0.420 e. The van der Waals surface area contributed by atoms with Gasteiger partial charge in [0.1, 0.15) is 11.4 Å². The minimum atomic E-state index is -5.41. The highest BCUT2D eigenvalue weighted by atomic mass is 19.4. The molecule has 4 rings (SSSR count). The number of anilines is 2. The number of urea groups is 1. The zero-order valence-electron chi connectivity index (χ0n) is 21.1. The van der Waals surface area contributed by atoms with E-state index in [0.717, 1.165) is 41.1 Å². The van der Waals surface area contributed by atoms with Crippen molar-refractivity contribution in [2.45, 2.75) is 30.8 Å². The number of carbonyl (C=O) groups excluding carboxylic acids is 2. The van der Waals surface area contributed by atoms with Crippen molar-refractivity contribution in [2.24, 2.45) is 0 Å². The summed E-state index contributed by atoms with van der Waals surface area (Å²) < 4.78 is 101. The van der Waals surface area contributed by atoms with Gasteiger partial charge in [0, 0.05) is 32.4 Å². The zero-order chi connectivity index (χ0) is 29.5. The molecule has 40 heavy (non-hydrogen) atoms. The summed E-state index contributed by atoms with van der Waals surface area (Å²) in [6.45, 7) is 0.148. The molecular weight excluding hydrogens is 553 g/mol. The van der Waals surface area contributed by atoms with Gasteiger partial charge in [-0.1, -0.05) is 0 Å². The summed E-state index contributed by atoms with van der Waals surface area (Å²) in [7, 11) is 1.11. The van der Waals surface area contributed by atoms with E-state index in [1.165, 1.54) is 0 Å². The number of nitrogens with zero attached hydrogens (tertiary/aromatic N) is 3. The van der Waals surface area contributed by atoms with Crippen LogP contribution in [-0.2, 0) is 12.4 Å². The van der Waals surface area contributed by atoms with Crippen LogP contribution in [0, 0.1) is 5.82 Å². The van der Waals surface area contributed by atoms with Gasteiger partial charge in [-0.25, -0.2) is 14.0 Å². The van der Waals surface area contributed by atoms with Crippen molar-refractivity contribution < 1.29 is 50.2 Å². The monoisotopic (exact) mass is 578 g/mol. The average molecular weight is 578 g/mol. The molecule has 218 valence electrons. The summed E-state index contributed by atoms with van der Waals surface area (Å²) in [6, 6.07) is 3.40. The molecule has 1 unspecified atom stereocenters. The van der Waals surface area contributed by atoms with Crippen molar-refractivity contribution in [3.05, 3.63) is 53.3 Å². The number of β-amino-alcohol motifs (C(OH)–C–C–N with tert-alkyl or cyclic N) is 1. The Kier molecular flexibility index (Phi) is 7.91. The highest BCUT2D eigenvalue weighted by Gasteiger charge is 2.45. The minimum Gasteiger partial charge on any atom is -0.407 e. The van der Waals surface area contributed by atoms with Crippen LogP contribution >= 0.6 is 0 Å². The Morgan fingerprint density at radius 2 is 1.77 bits per heavy atom. The first-order valence-corrected chi connectivity index (χ1v) is 12.1. The van der Waals surface area contributed by atoms with Crippen LogP contribution in [0.4, 0.5) is 51.7 Å². The third kappa shape index (κ3) is 6.25. The molecule has 0 radical (unpaired) electrons. The Bertz CT molecular complexity index is 1260. The van der Waals surface area contributed by atoms with Crippen molar-refractivity contribution in [3.63, 3.8) is 0 Å². The van der Waals surface area contributed by atoms with Crippen molar-refractivity contribution in [3.8, 4) is 5.75 Å². The summed E-state index contributed by atoms with van der Waals surface area (Å²) in [5.41, 5.74) is -5.85. The number of hydrogen-bond donors (Lipinski definition) is 2. The van der Waals surface area contributed by atoms with Crippen LogP contribution in [0.25, 0.3) is 0 Å². The minimum absolute atomic E-state index is 0.0196. The normalized spacial score (nSPS) is 20.2. The van der Waals surface area contributed by atoms with Gasteiger partial charge in [-0.15, -0.1) is 0 Å². The lowest BCUT2D eigenvalue weighted by atomic mass is 9.94. The SMILES string of the molecule is CN(C(=O)Oc1c(N2CCN(CC3(O)CCCNC3)C2=O)cc(C(F)(F)F)cc1C(F)(F)F)c1ccc(F)cc1. The van der Waals surface area contributed by atoms with Crippen LogP contribution in [-0.4, -0.2) is 67.5 Å². The van der Waals surface area contributed by atoms with Crippen molar-refractivity contribution in [1.82, 2.24) is 10.2 Å². The second-order valence-corrected chi connectivity index (χ2v) is 9.63. The number of aliphatic hydroxyl groups is 1. The van der Waals surface area contributed by atoms with E-state index < -0.39 is 58.5 Å². The molecule has 2 N–H and O–H groups in total. The number of hydrogen-bond acceptors (Lipinski definition) is 5. The molecule has 0 aliphatic carbocycles. The van der Waals surface area contributed by atoms with Gasteiger partial charge in [0.25, 0.3) is 0 Å². The summed E-state index contributed by atoms with van der Waals surface area (Å²) in [6.07, 6.45) is -11.1. The molecule has 3 amide bonds. The predicted molar refractivity (Wildman–Crippen MR) is 129 cm³/mol. The fourth-order valence-electron chi connectivity index (χ4n) is 4.62. The molecule has 2 fully saturated rings. The maximum absolute atomic E-state index is 14.1. The quantitative estimate of drug-likeness (QED) is 0.496. The lowest BCUT2D eigenvalue weighted by molar-refractivity contribution is -0.143. The molecule has 2 aromatic carbocycles. The molecule has 0 bridgehead atoms. The van der Waals surface area contributed by atoms with Crippen LogP contribution in [0.5, 0.6) is 5.75 Å².